The minimum absolute atomic E-state index is 0.0589. The highest BCUT2D eigenvalue weighted by atomic mass is 16.5. The summed E-state index contributed by atoms with van der Waals surface area (Å²) >= 11 is 0. The number of aromatic nitrogens is 2. The Morgan fingerprint density at radius 1 is 1.08 bits per heavy atom. The van der Waals surface area contributed by atoms with Crippen molar-refractivity contribution in [3.05, 3.63) is 40.6 Å². The third kappa shape index (κ3) is 4.38. The lowest BCUT2D eigenvalue weighted by atomic mass is 9.92. The van der Waals surface area contributed by atoms with Crippen LogP contribution in [-0.4, -0.2) is 28.0 Å². The molecule has 134 valence electrons. The van der Waals surface area contributed by atoms with Gasteiger partial charge in [0.05, 0.1) is 5.56 Å². The number of nitrogens with zero attached hydrogens (tertiary/aromatic N) is 2. The van der Waals surface area contributed by atoms with Crippen LogP contribution in [0.2, 0.25) is 0 Å². The van der Waals surface area contributed by atoms with Gasteiger partial charge in [-0.25, -0.2) is 9.97 Å². The van der Waals surface area contributed by atoms with Crippen molar-refractivity contribution >= 4 is 5.91 Å². The fourth-order valence-corrected chi connectivity index (χ4v) is 3.34. The van der Waals surface area contributed by atoms with Crippen molar-refractivity contribution in [1.29, 1.82) is 0 Å². The van der Waals surface area contributed by atoms with Crippen molar-refractivity contribution in [2.45, 2.75) is 65.5 Å². The van der Waals surface area contributed by atoms with Gasteiger partial charge >= 0.3 is 6.01 Å². The van der Waals surface area contributed by atoms with Crippen LogP contribution in [0.4, 0.5) is 0 Å². The van der Waals surface area contributed by atoms with Crippen molar-refractivity contribution in [2.24, 2.45) is 0 Å². The number of ether oxygens (including phenoxy) is 1. The number of furan rings is 1. The fourth-order valence-electron chi connectivity index (χ4n) is 3.34. The van der Waals surface area contributed by atoms with Gasteiger partial charge in [-0.2, -0.15) is 0 Å². The first-order chi connectivity index (χ1) is 11.9. The molecule has 1 aliphatic rings. The van der Waals surface area contributed by atoms with E-state index in [1.807, 2.05) is 33.8 Å². The highest BCUT2D eigenvalue weighted by Crippen LogP contribution is 2.23. The first-order valence-electron chi connectivity index (χ1n) is 8.77. The van der Waals surface area contributed by atoms with Gasteiger partial charge in [0.1, 0.15) is 17.6 Å². The van der Waals surface area contributed by atoms with Gasteiger partial charge in [0.2, 0.25) is 0 Å². The summed E-state index contributed by atoms with van der Waals surface area (Å²) in [5.74, 6) is 1.36. The minimum Gasteiger partial charge on any atom is -0.466 e. The Balaban J connectivity index is 1.51. The van der Waals surface area contributed by atoms with Crippen LogP contribution in [0.15, 0.2) is 16.5 Å². The summed E-state index contributed by atoms with van der Waals surface area (Å²) in [7, 11) is 0. The number of carbonyl (C=O) groups is 1. The van der Waals surface area contributed by atoms with E-state index in [1.54, 1.807) is 6.07 Å². The molecule has 0 aromatic carbocycles. The van der Waals surface area contributed by atoms with Gasteiger partial charge in [-0.3, -0.25) is 4.79 Å². The topological polar surface area (TPSA) is 77.2 Å². The van der Waals surface area contributed by atoms with Crippen molar-refractivity contribution in [3.63, 3.8) is 0 Å². The van der Waals surface area contributed by atoms with E-state index in [4.69, 9.17) is 9.15 Å². The van der Waals surface area contributed by atoms with Crippen LogP contribution in [0.5, 0.6) is 6.01 Å². The normalized spacial score (nSPS) is 20.3. The van der Waals surface area contributed by atoms with E-state index in [0.717, 1.165) is 42.8 Å². The van der Waals surface area contributed by atoms with E-state index in [0.29, 0.717) is 17.3 Å². The van der Waals surface area contributed by atoms with E-state index in [9.17, 15) is 4.79 Å². The first kappa shape index (κ1) is 17.5. The third-order valence-corrected chi connectivity index (χ3v) is 4.53. The quantitative estimate of drug-likeness (QED) is 0.920. The Bertz CT molecular complexity index is 741. The molecule has 25 heavy (non-hydrogen) atoms. The molecule has 2 heterocycles. The highest BCUT2D eigenvalue weighted by molar-refractivity contribution is 5.95. The fraction of sp³-hybridized carbons (Fsp3) is 0.526. The van der Waals surface area contributed by atoms with Gasteiger partial charge in [-0.15, -0.1) is 0 Å². The van der Waals surface area contributed by atoms with E-state index < -0.39 is 0 Å². The lowest BCUT2D eigenvalue weighted by molar-refractivity contribution is 0.0883. The van der Waals surface area contributed by atoms with E-state index >= 15 is 0 Å². The van der Waals surface area contributed by atoms with Crippen LogP contribution < -0.4 is 10.1 Å². The molecule has 0 radical (unpaired) electrons. The summed E-state index contributed by atoms with van der Waals surface area (Å²) in [6, 6.07) is 4.34. The molecule has 0 bridgehead atoms. The standard InChI is InChI=1S/C19H25N3O3/c1-11-9-12(2)21-19(20-11)25-16-7-5-15(6-8-16)22-18(23)17-10-13(3)24-14(17)4/h9-10,15-16H,5-8H2,1-4H3,(H,22,23). The Morgan fingerprint density at radius 2 is 1.72 bits per heavy atom. The second-order valence-corrected chi connectivity index (χ2v) is 6.83. The maximum atomic E-state index is 12.4. The van der Waals surface area contributed by atoms with Crippen LogP contribution in [0.1, 0.15) is 58.9 Å². The molecule has 1 saturated carbocycles. The van der Waals surface area contributed by atoms with Crippen LogP contribution in [0.25, 0.3) is 0 Å². The minimum atomic E-state index is -0.0589. The SMILES string of the molecule is Cc1cc(C)nc(OC2CCC(NC(=O)c3cc(C)oc3C)CC2)n1. The van der Waals surface area contributed by atoms with Crippen molar-refractivity contribution in [1.82, 2.24) is 15.3 Å². The van der Waals surface area contributed by atoms with E-state index in [-0.39, 0.29) is 18.1 Å². The van der Waals surface area contributed by atoms with Crippen molar-refractivity contribution in [3.8, 4) is 6.01 Å². The Kier molecular flexibility index (Phi) is 5.06. The zero-order chi connectivity index (χ0) is 18.0. The summed E-state index contributed by atoms with van der Waals surface area (Å²) in [6.07, 6.45) is 3.64. The predicted octanol–water partition coefficient (Wildman–Crippen LogP) is 3.42. The van der Waals surface area contributed by atoms with Gasteiger partial charge < -0.3 is 14.5 Å². The maximum Gasteiger partial charge on any atom is 0.317 e. The number of hydrogen-bond acceptors (Lipinski definition) is 5. The molecule has 2 aromatic heterocycles. The van der Waals surface area contributed by atoms with Crippen LogP contribution in [-0.2, 0) is 0 Å². The lowest BCUT2D eigenvalue weighted by Crippen LogP contribution is -2.39. The maximum absolute atomic E-state index is 12.4. The van der Waals surface area contributed by atoms with E-state index in [1.165, 1.54) is 0 Å². The van der Waals surface area contributed by atoms with Gasteiger partial charge in [0.25, 0.3) is 5.91 Å². The summed E-state index contributed by atoms with van der Waals surface area (Å²) < 4.78 is 11.4. The Morgan fingerprint density at radius 3 is 2.28 bits per heavy atom. The van der Waals surface area contributed by atoms with Crippen LogP contribution >= 0.6 is 0 Å². The molecule has 3 rings (SSSR count). The molecule has 0 aliphatic heterocycles. The van der Waals surface area contributed by atoms with Gasteiger partial charge in [-0.1, -0.05) is 0 Å². The number of carbonyl (C=O) groups excluding carboxylic acids is 1. The van der Waals surface area contributed by atoms with Crippen molar-refractivity contribution in [2.75, 3.05) is 0 Å². The largest absolute Gasteiger partial charge is 0.466 e. The monoisotopic (exact) mass is 343 g/mol. The molecule has 1 amide bonds. The number of hydrogen-bond donors (Lipinski definition) is 1. The first-order valence-corrected chi connectivity index (χ1v) is 8.77. The summed E-state index contributed by atoms with van der Waals surface area (Å²) in [5.41, 5.74) is 2.45. The molecule has 2 aromatic rings. The molecule has 0 spiro atoms. The second kappa shape index (κ2) is 7.25. The number of aryl methyl sites for hydroxylation is 4. The van der Waals surface area contributed by atoms with Gasteiger partial charge in [0, 0.05) is 17.4 Å². The average molecular weight is 343 g/mol. The Hall–Kier alpha value is -2.37. The molecule has 0 atom stereocenters. The molecule has 0 unspecified atom stereocenters. The highest BCUT2D eigenvalue weighted by Gasteiger charge is 2.25. The predicted molar refractivity (Wildman–Crippen MR) is 93.8 cm³/mol. The average Bonchev–Trinajstić information content (AvgIpc) is 2.87. The van der Waals surface area contributed by atoms with Gasteiger partial charge in [0.15, 0.2) is 0 Å². The lowest BCUT2D eigenvalue weighted by Gasteiger charge is -2.28. The summed E-state index contributed by atoms with van der Waals surface area (Å²) in [5, 5.41) is 3.11. The molecule has 0 saturated heterocycles. The number of amides is 1. The summed E-state index contributed by atoms with van der Waals surface area (Å²) in [4.78, 5) is 21.0. The molecule has 1 fully saturated rings. The zero-order valence-electron chi connectivity index (χ0n) is 15.3. The van der Waals surface area contributed by atoms with E-state index in [2.05, 4.69) is 15.3 Å². The Labute approximate surface area is 148 Å². The molecule has 6 heteroatoms. The smallest absolute Gasteiger partial charge is 0.317 e. The molecule has 1 aliphatic carbocycles. The molecule has 1 N–H and O–H groups in total. The number of rotatable bonds is 4. The molecular weight excluding hydrogens is 318 g/mol. The molecular formula is C19H25N3O3. The van der Waals surface area contributed by atoms with Gasteiger partial charge in [-0.05, 0) is 65.5 Å². The van der Waals surface area contributed by atoms with Crippen LogP contribution in [0.3, 0.4) is 0 Å². The van der Waals surface area contributed by atoms with Crippen LogP contribution in [0, 0.1) is 27.7 Å². The zero-order valence-corrected chi connectivity index (χ0v) is 15.3. The molecule has 6 nitrogen and oxygen atoms in total. The second-order valence-electron chi connectivity index (χ2n) is 6.83. The number of nitrogens with one attached hydrogen (secondary N) is 1. The summed E-state index contributed by atoms with van der Waals surface area (Å²) in [6.45, 7) is 7.54. The third-order valence-electron chi connectivity index (χ3n) is 4.53. The van der Waals surface area contributed by atoms with Crippen molar-refractivity contribution < 1.29 is 13.9 Å².